The third kappa shape index (κ3) is 1.58. The Labute approximate surface area is 62.3 Å². The van der Waals surface area contributed by atoms with E-state index in [-0.39, 0.29) is 5.69 Å². The number of phenolic OH excluding ortho intramolecular Hbond substituents is 1. The molecule has 0 aromatic heterocycles. The van der Waals surface area contributed by atoms with Gasteiger partial charge in [0.15, 0.2) is 0 Å². The summed E-state index contributed by atoms with van der Waals surface area (Å²) in [6.45, 7) is 0. The molecule has 0 unspecified atom stereocenters. The third-order valence-electron chi connectivity index (χ3n) is 1.29. The number of anilines is 1. The number of hydrogen-bond donors (Lipinski definition) is 2. The Morgan fingerprint density at radius 2 is 2.00 bits per heavy atom. The SMILES string of the molecule is Nc1ccc(O)c(C(F)F)c1. The Hall–Kier alpha value is -1.32. The van der Waals surface area contributed by atoms with Crippen LogP contribution in [-0.4, -0.2) is 5.11 Å². The van der Waals surface area contributed by atoms with Crippen molar-refractivity contribution in [2.45, 2.75) is 6.43 Å². The van der Waals surface area contributed by atoms with E-state index in [4.69, 9.17) is 10.8 Å². The molecule has 0 saturated carbocycles. The number of rotatable bonds is 1. The van der Waals surface area contributed by atoms with Crippen molar-refractivity contribution in [1.29, 1.82) is 0 Å². The number of aromatic hydroxyl groups is 1. The molecule has 11 heavy (non-hydrogen) atoms. The molecule has 1 aromatic rings. The lowest BCUT2D eigenvalue weighted by Gasteiger charge is -2.02. The number of alkyl halides is 2. The molecule has 0 bridgehead atoms. The number of halogens is 2. The van der Waals surface area contributed by atoms with E-state index < -0.39 is 17.7 Å². The maximum Gasteiger partial charge on any atom is 0.267 e. The molecule has 2 nitrogen and oxygen atoms in total. The van der Waals surface area contributed by atoms with Crippen LogP contribution in [-0.2, 0) is 0 Å². The second kappa shape index (κ2) is 2.74. The number of benzene rings is 1. The summed E-state index contributed by atoms with van der Waals surface area (Å²) in [5, 5.41) is 8.87. The highest BCUT2D eigenvalue weighted by Crippen LogP contribution is 2.29. The van der Waals surface area contributed by atoms with Crippen LogP contribution in [0.4, 0.5) is 14.5 Å². The Balaban J connectivity index is 3.13. The Bertz CT molecular complexity index is 263. The van der Waals surface area contributed by atoms with Crippen LogP contribution in [0.3, 0.4) is 0 Å². The fraction of sp³-hybridized carbons (Fsp3) is 0.143. The first-order valence-electron chi connectivity index (χ1n) is 2.98. The highest BCUT2D eigenvalue weighted by atomic mass is 19.3. The molecule has 0 aliphatic carbocycles. The molecule has 0 aliphatic rings. The van der Waals surface area contributed by atoms with E-state index >= 15 is 0 Å². The molecule has 0 heterocycles. The number of phenols is 1. The summed E-state index contributed by atoms with van der Waals surface area (Å²) >= 11 is 0. The minimum Gasteiger partial charge on any atom is -0.507 e. The molecule has 0 spiro atoms. The molecule has 1 aromatic carbocycles. The van der Waals surface area contributed by atoms with Gasteiger partial charge in [0.1, 0.15) is 5.75 Å². The quantitative estimate of drug-likeness (QED) is 0.485. The van der Waals surface area contributed by atoms with Crippen LogP contribution in [0.5, 0.6) is 5.75 Å². The zero-order valence-corrected chi connectivity index (χ0v) is 5.59. The third-order valence-corrected chi connectivity index (χ3v) is 1.29. The van der Waals surface area contributed by atoms with Crippen molar-refractivity contribution in [2.24, 2.45) is 0 Å². The topological polar surface area (TPSA) is 46.2 Å². The fourth-order valence-corrected chi connectivity index (χ4v) is 0.748. The fourth-order valence-electron chi connectivity index (χ4n) is 0.748. The first kappa shape index (κ1) is 7.78. The van der Waals surface area contributed by atoms with Crippen LogP contribution in [0.1, 0.15) is 12.0 Å². The van der Waals surface area contributed by atoms with Crippen LogP contribution in [0.15, 0.2) is 18.2 Å². The van der Waals surface area contributed by atoms with Gasteiger partial charge in [-0.25, -0.2) is 8.78 Å². The molecule has 0 fully saturated rings. The van der Waals surface area contributed by atoms with Crippen LogP contribution >= 0.6 is 0 Å². The van der Waals surface area contributed by atoms with Crippen molar-refractivity contribution in [2.75, 3.05) is 5.73 Å². The summed E-state index contributed by atoms with van der Waals surface area (Å²) in [6.07, 6.45) is -2.68. The zero-order chi connectivity index (χ0) is 8.43. The number of hydrogen-bond acceptors (Lipinski definition) is 2. The van der Waals surface area contributed by atoms with Gasteiger partial charge < -0.3 is 10.8 Å². The maximum atomic E-state index is 12.0. The molecule has 0 atom stereocenters. The molecule has 0 saturated heterocycles. The van der Waals surface area contributed by atoms with Crippen molar-refractivity contribution >= 4 is 5.69 Å². The van der Waals surface area contributed by atoms with Crippen molar-refractivity contribution in [3.05, 3.63) is 23.8 Å². The van der Waals surface area contributed by atoms with Gasteiger partial charge in [0, 0.05) is 5.69 Å². The smallest absolute Gasteiger partial charge is 0.267 e. The van der Waals surface area contributed by atoms with Gasteiger partial charge >= 0.3 is 0 Å². The summed E-state index contributed by atoms with van der Waals surface area (Å²) in [5.41, 5.74) is 5.02. The maximum absolute atomic E-state index is 12.0. The van der Waals surface area contributed by atoms with Crippen LogP contribution < -0.4 is 5.73 Å². The van der Waals surface area contributed by atoms with Gasteiger partial charge in [-0.2, -0.15) is 0 Å². The van der Waals surface area contributed by atoms with Gasteiger partial charge in [-0.05, 0) is 18.2 Å². The molecule has 0 aliphatic heterocycles. The highest BCUT2D eigenvalue weighted by Gasteiger charge is 2.11. The molecular weight excluding hydrogens is 152 g/mol. The second-order valence-electron chi connectivity index (χ2n) is 2.12. The standard InChI is InChI=1S/C7H7F2NO/c8-7(9)5-3-4(10)1-2-6(5)11/h1-3,7,11H,10H2. The van der Waals surface area contributed by atoms with Crippen LogP contribution in [0.2, 0.25) is 0 Å². The predicted octanol–water partition coefficient (Wildman–Crippen LogP) is 1.91. The van der Waals surface area contributed by atoms with E-state index in [0.29, 0.717) is 0 Å². The number of nitrogens with two attached hydrogens (primary N) is 1. The Morgan fingerprint density at radius 1 is 1.36 bits per heavy atom. The van der Waals surface area contributed by atoms with Crippen molar-refractivity contribution < 1.29 is 13.9 Å². The van der Waals surface area contributed by atoms with Crippen molar-refractivity contribution in [3.63, 3.8) is 0 Å². The lowest BCUT2D eigenvalue weighted by Crippen LogP contribution is -1.89. The Kier molecular flexibility index (Phi) is 1.94. The first-order valence-corrected chi connectivity index (χ1v) is 2.98. The molecule has 3 N–H and O–H groups in total. The van der Waals surface area contributed by atoms with E-state index in [9.17, 15) is 8.78 Å². The molecule has 1 rings (SSSR count). The summed E-state index contributed by atoms with van der Waals surface area (Å²) in [4.78, 5) is 0. The van der Waals surface area contributed by atoms with Gasteiger partial charge in [-0.3, -0.25) is 0 Å². The van der Waals surface area contributed by atoms with Gasteiger partial charge in [0.2, 0.25) is 0 Å². The van der Waals surface area contributed by atoms with E-state index in [0.717, 1.165) is 12.1 Å². The molecule has 0 amide bonds. The summed E-state index contributed by atoms with van der Waals surface area (Å²) in [5.74, 6) is -0.422. The van der Waals surface area contributed by atoms with Crippen LogP contribution in [0, 0.1) is 0 Å². The predicted molar refractivity (Wildman–Crippen MR) is 37.5 cm³/mol. The number of nitrogen functional groups attached to an aromatic ring is 1. The summed E-state index contributed by atoms with van der Waals surface area (Å²) in [6, 6.07) is 3.57. The average molecular weight is 159 g/mol. The van der Waals surface area contributed by atoms with Gasteiger partial charge in [-0.15, -0.1) is 0 Å². The zero-order valence-electron chi connectivity index (χ0n) is 5.59. The monoisotopic (exact) mass is 159 g/mol. The van der Waals surface area contributed by atoms with E-state index in [2.05, 4.69) is 0 Å². The van der Waals surface area contributed by atoms with E-state index in [1.165, 1.54) is 6.07 Å². The average Bonchev–Trinajstić information content (AvgIpc) is 1.94. The highest BCUT2D eigenvalue weighted by molar-refractivity contribution is 5.47. The van der Waals surface area contributed by atoms with Crippen LogP contribution in [0.25, 0.3) is 0 Å². The minimum atomic E-state index is -2.68. The normalized spacial score (nSPS) is 10.5. The minimum absolute atomic E-state index is 0.220. The molecule has 0 radical (unpaired) electrons. The molecular formula is C7H7F2NO. The Morgan fingerprint density at radius 3 is 2.45 bits per heavy atom. The van der Waals surface area contributed by atoms with Crippen molar-refractivity contribution in [1.82, 2.24) is 0 Å². The lowest BCUT2D eigenvalue weighted by molar-refractivity contribution is 0.147. The lowest BCUT2D eigenvalue weighted by atomic mass is 10.2. The van der Waals surface area contributed by atoms with E-state index in [1.54, 1.807) is 0 Å². The summed E-state index contributed by atoms with van der Waals surface area (Å²) < 4.78 is 24.0. The van der Waals surface area contributed by atoms with Crippen molar-refractivity contribution in [3.8, 4) is 5.75 Å². The summed E-state index contributed by atoms with van der Waals surface area (Å²) in [7, 11) is 0. The van der Waals surface area contributed by atoms with Gasteiger partial charge in [0.25, 0.3) is 6.43 Å². The second-order valence-corrected chi connectivity index (χ2v) is 2.12. The molecule has 60 valence electrons. The van der Waals surface area contributed by atoms with Gasteiger partial charge in [-0.1, -0.05) is 0 Å². The first-order chi connectivity index (χ1) is 5.11. The largest absolute Gasteiger partial charge is 0.507 e. The van der Waals surface area contributed by atoms with E-state index in [1.807, 2.05) is 0 Å². The van der Waals surface area contributed by atoms with Gasteiger partial charge in [0.05, 0.1) is 5.56 Å². The molecule has 4 heteroatoms.